The van der Waals surface area contributed by atoms with Gasteiger partial charge in [-0.05, 0) is 49.4 Å². The van der Waals surface area contributed by atoms with Crippen LogP contribution in [0.25, 0.3) is 0 Å². The van der Waals surface area contributed by atoms with Crippen LogP contribution in [0.3, 0.4) is 0 Å². The number of ether oxygens (including phenoxy) is 1. The Morgan fingerprint density at radius 1 is 0.526 bits per heavy atom. The fourth-order valence-electron chi connectivity index (χ4n) is 5.57. The Hall–Kier alpha value is -0.790. The van der Waals surface area contributed by atoms with E-state index in [1.54, 1.807) is 6.92 Å². The third kappa shape index (κ3) is 25.5. The van der Waals surface area contributed by atoms with Crippen LogP contribution >= 0.6 is 0 Å². The normalized spacial score (nSPS) is 14.1. The van der Waals surface area contributed by atoms with Gasteiger partial charge in [-0.25, -0.2) is 4.79 Å². The Kier molecular flexibility index (Phi) is 24.7. The second-order valence-electron chi connectivity index (χ2n) is 13.8. The molecule has 0 aliphatic heterocycles. The number of unbranched alkanes of at least 4 members (excludes halogenated alkanes) is 8. The number of hydrogen-bond donors (Lipinski definition) is 0. The van der Waals surface area contributed by atoms with Crippen LogP contribution in [-0.4, -0.2) is 12.6 Å². The van der Waals surface area contributed by atoms with Crippen molar-refractivity contribution in [3.8, 4) is 0 Å². The average molecular weight is 535 g/mol. The van der Waals surface area contributed by atoms with Gasteiger partial charge in [-0.1, -0.05) is 164 Å². The molecule has 0 aromatic carbocycles. The number of rotatable bonds is 27. The Balaban J connectivity index is 4.09. The number of hydrogen-bond acceptors (Lipinski definition) is 2. The first-order valence-electron chi connectivity index (χ1n) is 16.9. The third-order valence-corrected chi connectivity index (χ3v) is 8.37. The largest absolute Gasteiger partial charge is 0.462 e. The van der Waals surface area contributed by atoms with E-state index in [-0.39, 0.29) is 5.97 Å². The number of carbonyl (C=O) groups is 1. The maximum atomic E-state index is 12.0. The minimum absolute atomic E-state index is 0.223. The van der Waals surface area contributed by atoms with Gasteiger partial charge in [-0.2, -0.15) is 0 Å². The van der Waals surface area contributed by atoms with Gasteiger partial charge in [0.2, 0.25) is 0 Å². The van der Waals surface area contributed by atoms with E-state index < -0.39 is 0 Å². The Morgan fingerprint density at radius 2 is 0.842 bits per heavy atom. The van der Waals surface area contributed by atoms with Gasteiger partial charge in [0.15, 0.2) is 0 Å². The van der Waals surface area contributed by atoms with Crippen molar-refractivity contribution in [2.24, 2.45) is 29.6 Å². The van der Waals surface area contributed by atoms with Crippen molar-refractivity contribution in [1.29, 1.82) is 0 Å². The molecule has 0 aliphatic carbocycles. The van der Waals surface area contributed by atoms with Crippen LogP contribution in [0.4, 0.5) is 0 Å². The van der Waals surface area contributed by atoms with Crippen molar-refractivity contribution in [2.45, 2.75) is 177 Å². The molecular formula is C36H70O2. The van der Waals surface area contributed by atoms with E-state index in [1.807, 2.05) is 0 Å². The molecule has 0 amide bonds. The van der Waals surface area contributed by atoms with Crippen molar-refractivity contribution < 1.29 is 9.53 Å². The smallest absolute Gasteiger partial charge is 0.333 e. The molecule has 0 fully saturated rings. The number of carbonyl (C=O) groups excluding carboxylic acids is 1. The van der Waals surface area contributed by atoms with E-state index in [2.05, 4.69) is 48.1 Å². The summed E-state index contributed by atoms with van der Waals surface area (Å²) in [6.07, 6.45) is 27.0. The molecule has 0 aliphatic rings. The molecule has 2 nitrogen and oxygen atoms in total. The summed E-state index contributed by atoms with van der Waals surface area (Å²) >= 11 is 0. The van der Waals surface area contributed by atoms with Gasteiger partial charge in [-0.3, -0.25) is 0 Å². The van der Waals surface area contributed by atoms with Crippen LogP contribution in [0, 0.1) is 29.6 Å². The predicted molar refractivity (Wildman–Crippen MR) is 170 cm³/mol. The van der Waals surface area contributed by atoms with E-state index in [1.165, 1.54) is 128 Å². The first kappa shape index (κ1) is 37.2. The number of esters is 1. The monoisotopic (exact) mass is 535 g/mol. The second-order valence-corrected chi connectivity index (χ2v) is 13.8. The SMILES string of the molecule is C=C(C)C(=O)OCC(CCCCC(C)CCCCCCCC(C)C)CCCCC(C)CCCCCC(C)C. The lowest BCUT2D eigenvalue weighted by molar-refractivity contribution is -0.140. The molecule has 0 rings (SSSR count). The first-order valence-corrected chi connectivity index (χ1v) is 16.9. The van der Waals surface area contributed by atoms with Gasteiger partial charge < -0.3 is 4.74 Å². The lowest BCUT2D eigenvalue weighted by Gasteiger charge is -2.18. The van der Waals surface area contributed by atoms with Gasteiger partial charge in [-0.15, -0.1) is 0 Å². The predicted octanol–water partition coefficient (Wildman–Crippen LogP) is 12.1. The summed E-state index contributed by atoms with van der Waals surface area (Å²) in [7, 11) is 0. The van der Waals surface area contributed by atoms with Crippen LogP contribution in [0.5, 0.6) is 0 Å². The standard InChI is InChI=1S/C36H70O2/c1-30(2)21-13-10-9-11-15-23-33(7)25-17-19-27-35(29-38-36(37)32(5)6)28-20-18-26-34(8)24-16-12-14-22-31(3)4/h30-31,33-35H,5,9-29H2,1-4,6-8H3. The van der Waals surface area contributed by atoms with Gasteiger partial charge in [0.1, 0.15) is 0 Å². The maximum Gasteiger partial charge on any atom is 0.333 e. The van der Waals surface area contributed by atoms with E-state index in [9.17, 15) is 4.79 Å². The molecule has 0 aromatic rings. The van der Waals surface area contributed by atoms with Crippen molar-refractivity contribution in [1.82, 2.24) is 0 Å². The third-order valence-electron chi connectivity index (χ3n) is 8.37. The molecule has 38 heavy (non-hydrogen) atoms. The summed E-state index contributed by atoms with van der Waals surface area (Å²) in [5, 5.41) is 0. The van der Waals surface area contributed by atoms with Crippen molar-refractivity contribution in [3.05, 3.63) is 12.2 Å². The van der Waals surface area contributed by atoms with Crippen LogP contribution in [0.1, 0.15) is 177 Å². The van der Waals surface area contributed by atoms with Crippen LogP contribution in [0.2, 0.25) is 0 Å². The molecule has 0 saturated heterocycles. The van der Waals surface area contributed by atoms with Gasteiger partial charge in [0.05, 0.1) is 6.61 Å². The molecule has 0 bridgehead atoms. The highest BCUT2D eigenvalue weighted by atomic mass is 16.5. The molecule has 0 radical (unpaired) electrons. The minimum Gasteiger partial charge on any atom is -0.462 e. The second kappa shape index (κ2) is 25.2. The van der Waals surface area contributed by atoms with Crippen molar-refractivity contribution in [3.63, 3.8) is 0 Å². The van der Waals surface area contributed by atoms with Crippen molar-refractivity contribution >= 4 is 5.97 Å². The molecule has 226 valence electrons. The van der Waals surface area contributed by atoms with Gasteiger partial charge in [0.25, 0.3) is 0 Å². The molecule has 2 heteroatoms. The molecule has 0 saturated carbocycles. The minimum atomic E-state index is -0.223. The van der Waals surface area contributed by atoms with E-state index in [0.29, 0.717) is 18.1 Å². The zero-order valence-electron chi connectivity index (χ0n) is 27.3. The highest BCUT2D eigenvalue weighted by Gasteiger charge is 2.14. The Bertz CT molecular complexity index is 550. The fourth-order valence-corrected chi connectivity index (χ4v) is 5.57. The average Bonchev–Trinajstić information content (AvgIpc) is 2.85. The van der Waals surface area contributed by atoms with Gasteiger partial charge in [0, 0.05) is 5.57 Å². The van der Waals surface area contributed by atoms with Crippen LogP contribution < -0.4 is 0 Å². The van der Waals surface area contributed by atoms with E-state index >= 15 is 0 Å². The van der Waals surface area contributed by atoms with Gasteiger partial charge >= 0.3 is 5.97 Å². The summed E-state index contributed by atoms with van der Waals surface area (Å²) in [5.41, 5.74) is 0.514. The lowest BCUT2D eigenvalue weighted by atomic mass is 9.91. The van der Waals surface area contributed by atoms with Crippen LogP contribution in [0.15, 0.2) is 12.2 Å². The van der Waals surface area contributed by atoms with Crippen molar-refractivity contribution in [2.75, 3.05) is 6.61 Å². The summed E-state index contributed by atoms with van der Waals surface area (Å²) in [4.78, 5) is 12.0. The summed E-state index contributed by atoms with van der Waals surface area (Å²) in [6.45, 7) is 20.3. The molecule has 0 spiro atoms. The topological polar surface area (TPSA) is 26.3 Å². The summed E-state index contributed by atoms with van der Waals surface area (Å²) < 4.78 is 5.58. The van der Waals surface area contributed by atoms with Crippen LogP contribution in [-0.2, 0) is 9.53 Å². The maximum absolute atomic E-state index is 12.0. The van der Waals surface area contributed by atoms with E-state index in [0.717, 1.165) is 23.7 Å². The molecule has 0 N–H and O–H groups in total. The molecular weight excluding hydrogens is 464 g/mol. The molecule has 3 atom stereocenters. The Labute approximate surface area is 240 Å². The molecule has 0 aromatic heterocycles. The Morgan fingerprint density at radius 3 is 1.24 bits per heavy atom. The van der Waals surface area contributed by atoms with E-state index in [4.69, 9.17) is 4.74 Å². The fraction of sp³-hybridized carbons (Fsp3) is 0.917. The zero-order valence-corrected chi connectivity index (χ0v) is 27.3. The molecule has 3 unspecified atom stereocenters. The zero-order chi connectivity index (χ0) is 28.6. The highest BCUT2D eigenvalue weighted by Crippen LogP contribution is 2.24. The summed E-state index contributed by atoms with van der Waals surface area (Å²) in [6, 6.07) is 0. The quantitative estimate of drug-likeness (QED) is 0.0595. The lowest BCUT2D eigenvalue weighted by Crippen LogP contribution is -2.15. The molecule has 0 heterocycles. The highest BCUT2D eigenvalue weighted by molar-refractivity contribution is 5.86. The first-order chi connectivity index (χ1) is 18.1. The summed E-state index contributed by atoms with van der Waals surface area (Å²) in [5.74, 6) is 3.67.